The minimum atomic E-state index is 0.0746. The van der Waals surface area contributed by atoms with Crippen LogP contribution >= 0.6 is 0 Å². The van der Waals surface area contributed by atoms with Crippen LogP contribution in [0, 0.1) is 17.8 Å². The van der Waals surface area contributed by atoms with E-state index in [-0.39, 0.29) is 5.91 Å². The van der Waals surface area contributed by atoms with Crippen LogP contribution in [0.15, 0.2) is 11.6 Å². The van der Waals surface area contributed by atoms with E-state index in [0.717, 1.165) is 29.9 Å². The van der Waals surface area contributed by atoms with Crippen molar-refractivity contribution in [2.45, 2.75) is 33.1 Å². The van der Waals surface area contributed by atoms with Gasteiger partial charge in [-0.15, -0.1) is 0 Å². The molecule has 0 bridgehead atoms. The first-order valence-corrected chi connectivity index (χ1v) is 5.58. The van der Waals surface area contributed by atoms with Crippen molar-refractivity contribution < 1.29 is 4.79 Å². The van der Waals surface area contributed by atoms with Gasteiger partial charge in [-0.2, -0.15) is 0 Å². The van der Waals surface area contributed by atoms with E-state index in [1.54, 1.807) is 6.08 Å². The Balaban J connectivity index is 1.67. The average molecular weight is 193 g/mol. The molecule has 2 unspecified atom stereocenters. The Morgan fingerprint density at radius 2 is 1.93 bits per heavy atom. The number of rotatable bonds is 3. The van der Waals surface area contributed by atoms with Crippen LogP contribution in [0.5, 0.6) is 0 Å². The van der Waals surface area contributed by atoms with Gasteiger partial charge in [0.25, 0.3) is 0 Å². The molecule has 14 heavy (non-hydrogen) atoms. The first-order chi connectivity index (χ1) is 6.65. The second-order valence-electron chi connectivity index (χ2n) is 5.06. The van der Waals surface area contributed by atoms with Crippen LogP contribution in [0.4, 0.5) is 0 Å². The van der Waals surface area contributed by atoms with Gasteiger partial charge < -0.3 is 5.32 Å². The smallest absolute Gasteiger partial charge is 0.243 e. The molecule has 0 aliphatic heterocycles. The monoisotopic (exact) mass is 193 g/mol. The number of amides is 1. The summed E-state index contributed by atoms with van der Waals surface area (Å²) in [4.78, 5) is 11.3. The molecule has 0 heterocycles. The number of allylic oxidation sites excluding steroid dienone is 1. The molecule has 2 atom stereocenters. The number of carbonyl (C=O) groups is 1. The van der Waals surface area contributed by atoms with Crippen LogP contribution in [-0.4, -0.2) is 12.5 Å². The molecule has 2 saturated carbocycles. The lowest BCUT2D eigenvalue weighted by molar-refractivity contribution is -0.116. The van der Waals surface area contributed by atoms with Gasteiger partial charge in [0.15, 0.2) is 0 Å². The summed E-state index contributed by atoms with van der Waals surface area (Å²) in [5, 5.41) is 2.98. The number of carbonyl (C=O) groups excluding carboxylic acids is 1. The first-order valence-electron chi connectivity index (χ1n) is 5.58. The molecule has 2 nitrogen and oxygen atoms in total. The zero-order chi connectivity index (χ0) is 10.1. The van der Waals surface area contributed by atoms with Gasteiger partial charge in [0, 0.05) is 12.6 Å². The molecule has 0 radical (unpaired) electrons. The van der Waals surface area contributed by atoms with E-state index < -0.39 is 0 Å². The molecule has 2 aliphatic rings. The van der Waals surface area contributed by atoms with Gasteiger partial charge in [-0.3, -0.25) is 4.79 Å². The summed E-state index contributed by atoms with van der Waals surface area (Å²) >= 11 is 0. The first kappa shape index (κ1) is 9.75. The number of fused-ring (bicyclic) bond motifs is 1. The highest BCUT2D eigenvalue weighted by atomic mass is 16.1. The number of nitrogens with one attached hydrogen (secondary N) is 1. The maximum Gasteiger partial charge on any atom is 0.243 e. The zero-order valence-electron chi connectivity index (χ0n) is 9.05. The van der Waals surface area contributed by atoms with Crippen LogP contribution in [0.3, 0.4) is 0 Å². The van der Waals surface area contributed by atoms with Crippen molar-refractivity contribution in [2.75, 3.05) is 6.54 Å². The third kappa shape index (κ3) is 2.37. The Labute approximate surface area is 85.8 Å². The van der Waals surface area contributed by atoms with E-state index in [1.165, 1.54) is 19.3 Å². The van der Waals surface area contributed by atoms with Crippen molar-refractivity contribution in [3.63, 3.8) is 0 Å². The highest BCUT2D eigenvalue weighted by molar-refractivity contribution is 5.87. The molecular weight excluding hydrogens is 174 g/mol. The zero-order valence-corrected chi connectivity index (χ0v) is 9.05. The maximum absolute atomic E-state index is 11.3. The SMILES string of the molecule is CC(C)=CC(=O)NCC1CC2CC2C1. The quantitative estimate of drug-likeness (QED) is 0.683. The Morgan fingerprint density at radius 1 is 1.29 bits per heavy atom. The van der Waals surface area contributed by atoms with E-state index in [0.29, 0.717) is 0 Å². The van der Waals surface area contributed by atoms with Crippen LogP contribution in [-0.2, 0) is 4.79 Å². The summed E-state index contributed by atoms with van der Waals surface area (Å²) in [5.74, 6) is 2.86. The standard InChI is InChI=1S/C12H19NO/c1-8(2)3-12(14)13-7-9-4-10-6-11(10)5-9/h3,9-11H,4-7H2,1-2H3,(H,13,14). The molecule has 0 aromatic carbocycles. The molecule has 1 N–H and O–H groups in total. The van der Waals surface area contributed by atoms with Crippen LogP contribution < -0.4 is 5.32 Å². The molecule has 0 aromatic rings. The molecule has 78 valence electrons. The summed E-state index contributed by atoms with van der Waals surface area (Å²) in [6.07, 6.45) is 5.83. The maximum atomic E-state index is 11.3. The summed E-state index contributed by atoms with van der Waals surface area (Å²) in [6.45, 7) is 4.78. The Morgan fingerprint density at radius 3 is 2.50 bits per heavy atom. The predicted octanol–water partition coefficient (Wildman–Crippen LogP) is 2.11. The van der Waals surface area contributed by atoms with E-state index >= 15 is 0 Å². The number of hydrogen-bond donors (Lipinski definition) is 1. The Kier molecular flexibility index (Phi) is 2.62. The minimum Gasteiger partial charge on any atom is -0.352 e. The highest BCUT2D eigenvalue weighted by Crippen LogP contribution is 2.54. The molecule has 2 fully saturated rings. The molecule has 2 heteroatoms. The van der Waals surface area contributed by atoms with Gasteiger partial charge in [0.1, 0.15) is 0 Å². The largest absolute Gasteiger partial charge is 0.352 e. The topological polar surface area (TPSA) is 29.1 Å². The van der Waals surface area contributed by atoms with Crippen LogP contribution in [0.1, 0.15) is 33.1 Å². The van der Waals surface area contributed by atoms with Gasteiger partial charge in [0.05, 0.1) is 0 Å². The normalized spacial score (nSPS) is 33.4. The van der Waals surface area contributed by atoms with Gasteiger partial charge in [-0.1, -0.05) is 5.57 Å². The van der Waals surface area contributed by atoms with Gasteiger partial charge in [-0.05, 0) is 50.9 Å². The van der Waals surface area contributed by atoms with Crippen LogP contribution in [0.2, 0.25) is 0 Å². The van der Waals surface area contributed by atoms with Crippen molar-refractivity contribution in [3.8, 4) is 0 Å². The fourth-order valence-electron chi connectivity index (χ4n) is 2.56. The second kappa shape index (κ2) is 3.76. The van der Waals surface area contributed by atoms with Crippen molar-refractivity contribution in [2.24, 2.45) is 17.8 Å². The van der Waals surface area contributed by atoms with Crippen molar-refractivity contribution in [3.05, 3.63) is 11.6 Å². The predicted molar refractivity (Wildman–Crippen MR) is 56.8 cm³/mol. The van der Waals surface area contributed by atoms with E-state index in [4.69, 9.17) is 0 Å². The van der Waals surface area contributed by atoms with Crippen LogP contribution in [0.25, 0.3) is 0 Å². The molecular formula is C12H19NO. The van der Waals surface area contributed by atoms with Gasteiger partial charge >= 0.3 is 0 Å². The summed E-state index contributed by atoms with van der Waals surface area (Å²) < 4.78 is 0. The highest BCUT2D eigenvalue weighted by Gasteiger charge is 2.45. The Hall–Kier alpha value is -0.790. The van der Waals surface area contributed by atoms with Crippen molar-refractivity contribution >= 4 is 5.91 Å². The molecule has 1 amide bonds. The third-order valence-electron chi connectivity index (χ3n) is 3.33. The molecule has 2 rings (SSSR count). The van der Waals surface area contributed by atoms with Crippen molar-refractivity contribution in [1.82, 2.24) is 5.32 Å². The minimum absolute atomic E-state index is 0.0746. The fraction of sp³-hybridized carbons (Fsp3) is 0.750. The van der Waals surface area contributed by atoms with E-state index in [9.17, 15) is 4.79 Å². The molecule has 0 saturated heterocycles. The third-order valence-corrected chi connectivity index (χ3v) is 3.33. The number of hydrogen-bond acceptors (Lipinski definition) is 1. The van der Waals surface area contributed by atoms with E-state index in [1.807, 2.05) is 13.8 Å². The molecule has 0 spiro atoms. The lowest BCUT2D eigenvalue weighted by atomic mass is 10.0. The second-order valence-corrected chi connectivity index (χ2v) is 5.06. The van der Waals surface area contributed by atoms with Gasteiger partial charge in [-0.25, -0.2) is 0 Å². The van der Waals surface area contributed by atoms with Gasteiger partial charge in [0.2, 0.25) is 5.91 Å². The lowest BCUT2D eigenvalue weighted by Crippen LogP contribution is -2.27. The van der Waals surface area contributed by atoms with E-state index in [2.05, 4.69) is 5.32 Å². The summed E-state index contributed by atoms with van der Waals surface area (Å²) in [7, 11) is 0. The summed E-state index contributed by atoms with van der Waals surface area (Å²) in [5.41, 5.74) is 1.07. The molecule has 2 aliphatic carbocycles. The fourth-order valence-corrected chi connectivity index (χ4v) is 2.56. The Bertz CT molecular complexity index is 255. The average Bonchev–Trinajstić information content (AvgIpc) is 2.70. The summed E-state index contributed by atoms with van der Waals surface area (Å²) in [6, 6.07) is 0. The molecule has 0 aromatic heterocycles. The van der Waals surface area contributed by atoms with Crippen molar-refractivity contribution in [1.29, 1.82) is 0 Å². The lowest BCUT2D eigenvalue weighted by Gasteiger charge is -2.11.